The van der Waals surface area contributed by atoms with E-state index in [1.54, 1.807) is 6.92 Å². The average Bonchev–Trinajstić information content (AvgIpc) is 3.14. The molecule has 0 aliphatic rings. The van der Waals surface area contributed by atoms with Crippen molar-refractivity contribution in [1.29, 1.82) is 0 Å². The smallest absolute Gasteiger partial charge is 0.341 e. The van der Waals surface area contributed by atoms with Gasteiger partial charge in [0.25, 0.3) is 0 Å². The minimum Gasteiger partial charge on any atom is -0.494 e. The standard InChI is InChI=1S/C26H29NO4S/c1-5-30-26(29)24-22(21-12-11-18(3)14-19(21)4)16-32-25(24)27-23(28)10-7-13-31-20-9-6-8-17(2)15-20/h6,8-9,11-12,14-16H,5,7,10,13H2,1-4H3,(H,27,28). The summed E-state index contributed by atoms with van der Waals surface area (Å²) < 4.78 is 11.0. The third kappa shape index (κ3) is 5.98. The number of anilines is 1. The van der Waals surface area contributed by atoms with Gasteiger partial charge in [0.2, 0.25) is 5.91 Å². The van der Waals surface area contributed by atoms with Crippen LogP contribution in [-0.2, 0) is 9.53 Å². The molecular weight excluding hydrogens is 422 g/mol. The average molecular weight is 452 g/mol. The van der Waals surface area contributed by atoms with Crippen LogP contribution in [0.2, 0.25) is 0 Å². The number of hydrogen-bond donors (Lipinski definition) is 1. The van der Waals surface area contributed by atoms with Crippen molar-refractivity contribution in [3.05, 3.63) is 70.1 Å². The Morgan fingerprint density at radius 1 is 1.00 bits per heavy atom. The molecule has 168 valence electrons. The van der Waals surface area contributed by atoms with Crippen LogP contribution in [-0.4, -0.2) is 25.1 Å². The third-order valence-corrected chi connectivity index (χ3v) is 5.90. The van der Waals surface area contributed by atoms with Crippen molar-refractivity contribution in [1.82, 2.24) is 0 Å². The molecule has 0 saturated heterocycles. The predicted molar refractivity (Wildman–Crippen MR) is 130 cm³/mol. The summed E-state index contributed by atoms with van der Waals surface area (Å²) in [6.07, 6.45) is 0.870. The Hall–Kier alpha value is -3.12. The van der Waals surface area contributed by atoms with Gasteiger partial charge >= 0.3 is 5.97 Å². The molecule has 1 aromatic heterocycles. The van der Waals surface area contributed by atoms with Crippen molar-refractivity contribution >= 4 is 28.2 Å². The van der Waals surface area contributed by atoms with Crippen LogP contribution in [0.5, 0.6) is 5.75 Å². The molecule has 1 N–H and O–H groups in total. The first-order valence-electron chi connectivity index (χ1n) is 10.7. The summed E-state index contributed by atoms with van der Waals surface area (Å²) in [4.78, 5) is 25.3. The van der Waals surface area contributed by atoms with Crippen molar-refractivity contribution in [2.75, 3.05) is 18.5 Å². The van der Waals surface area contributed by atoms with E-state index in [0.717, 1.165) is 33.6 Å². The highest BCUT2D eigenvalue weighted by molar-refractivity contribution is 7.15. The molecule has 0 aliphatic heterocycles. The number of ether oxygens (including phenoxy) is 2. The number of carbonyl (C=O) groups excluding carboxylic acids is 2. The lowest BCUT2D eigenvalue weighted by atomic mass is 9.97. The molecule has 0 spiro atoms. The minimum absolute atomic E-state index is 0.155. The zero-order chi connectivity index (χ0) is 23.1. The van der Waals surface area contributed by atoms with Crippen LogP contribution in [0.1, 0.15) is 46.8 Å². The number of esters is 1. The molecular formula is C26H29NO4S. The second-order valence-electron chi connectivity index (χ2n) is 7.71. The summed E-state index contributed by atoms with van der Waals surface area (Å²) >= 11 is 1.34. The number of amides is 1. The van der Waals surface area contributed by atoms with Gasteiger partial charge in [0.1, 0.15) is 16.3 Å². The molecule has 1 heterocycles. The molecule has 0 radical (unpaired) electrons. The summed E-state index contributed by atoms with van der Waals surface area (Å²) in [5.41, 5.74) is 5.50. The lowest BCUT2D eigenvalue weighted by molar-refractivity contribution is -0.116. The predicted octanol–water partition coefficient (Wildman–Crippen LogP) is 6.31. The van der Waals surface area contributed by atoms with E-state index in [1.807, 2.05) is 62.5 Å². The number of nitrogens with one attached hydrogen (secondary N) is 1. The van der Waals surface area contributed by atoms with E-state index in [4.69, 9.17) is 9.47 Å². The lowest BCUT2D eigenvalue weighted by Gasteiger charge is -2.11. The van der Waals surface area contributed by atoms with E-state index in [9.17, 15) is 9.59 Å². The molecule has 3 aromatic rings. The number of benzene rings is 2. The molecule has 32 heavy (non-hydrogen) atoms. The van der Waals surface area contributed by atoms with Crippen LogP contribution in [0.3, 0.4) is 0 Å². The quantitative estimate of drug-likeness (QED) is 0.306. The van der Waals surface area contributed by atoms with Gasteiger partial charge < -0.3 is 14.8 Å². The molecule has 0 atom stereocenters. The second kappa shape index (κ2) is 11.0. The Balaban J connectivity index is 1.69. The maximum Gasteiger partial charge on any atom is 0.341 e. The number of hydrogen-bond acceptors (Lipinski definition) is 5. The number of rotatable bonds is 9. The van der Waals surface area contributed by atoms with Gasteiger partial charge in [-0.15, -0.1) is 11.3 Å². The monoisotopic (exact) mass is 451 g/mol. The zero-order valence-electron chi connectivity index (χ0n) is 19.0. The Morgan fingerprint density at radius 2 is 1.78 bits per heavy atom. The van der Waals surface area contributed by atoms with Gasteiger partial charge in [0, 0.05) is 17.4 Å². The maximum absolute atomic E-state index is 12.7. The Bertz CT molecular complexity index is 1100. The number of aryl methyl sites for hydroxylation is 3. The molecule has 5 nitrogen and oxygen atoms in total. The lowest BCUT2D eigenvalue weighted by Crippen LogP contribution is -2.15. The second-order valence-corrected chi connectivity index (χ2v) is 8.59. The van der Waals surface area contributed by atoms with E-state index < -0.39 is 5.97 Å². The van der Waals surface area contributed by atoms with E-state index in [0.29, 0.717) is 30.0 Å². The van der Waals surface area contributed by atoms with Crippen LogP contribution in [0.4, 0.5) is 5.00 Å². The molecule has 6 heteroatoms. The molecule has 0 aliphatic carbocycles. The Kier molecular flexibility index (Phi) is 8.06. The van der Waals surface area contributed by atoms with E-state index in [-0.39, 0.29) is 12.5 Å². The third-order valence-electron chi connectivity index (χ3n) is 5.00. The first-order valence-corrected chi connectivity index (χ1v) is 11.6. The molecule has 2 aromatic carbocycles. The van der Waals surface area contributed by atoms with Crippen LogP contribution < -0.4 is 10.1 Å². The summed E-state index contributed by atoms with van der Waals surface area (Å²) in [5, 5.41) is 5.32. The van der Waals surface area contributed by atoms with Crippen molar-refractivity contribution in [2.24, 2.45) is 0 Å². The topological polar surface area (TPSA) is 64.6 Å². The largest absolute Gasteiger partial charge is 0.494 e. The van der Waals surface area contributed by atoms with Gasteiger partial charge in [-0.05, 0) is 62.9 Å². The minimum atomic E-state index is -0.429. The zero-order valence-corrected chi connectivity index (χ0v) is 19.8. The molecule has 0 unspecified atom stereocenters. The Morgan fingerprint density at radius 3 is 2.50 bits per heavy atom. The van der Waals surface area contributed by atoms with Gasteiger partial charge in [0.05, 0.1) is 13.2 Å². The van der Waals surface area contributed by atoms with Crippen LogP contribution in [0, 0.1) is 20.8 Å². The highest BCUT2D eigenvalue weighted by Crippen LogP contribution is 2.38. The fourth-order valence-corrected chi connectivity index (χ4v) is 4.45. The summed E-state index contributed by atoms with van der Waals surface area (Å²) in [6, 6.07) is 13.9. The summed E-state index contributed by atoms with van der Waals surface area (Å²) in [6.45, 7) is 8.54. The number of thiophene rings is 1. The van der Waals surface area contributed by atoms with Gasteiger partial charge in [-0.2, -0.15) is 0 Å². The van der Waals surface area contributed by atoms with Crippen molar-refractivity contribution in [3.8, 4) is 16.9 Å². The molecule has 0 fully saturated rings. The highest BCUT2D eigenvalue weighted by Gasteiger charge is 2.23. The van der Waals surface area contributed by atoms with Crippen LogP contribution in [0.15, 0.2) is 47.8 Å². The van der Waals surface area contributed by atoms with E-state index in [1.165, 1.54) is 11.3 Å². The molecule has 0 saturated carbocycles. The van der Waals surface area contributed by atoms with Crippen LogP contribution >= 0.6 is 11.3 Å². The molecule has 1 amide bonds. The fraction of sp³-hybridized carbons (Fsp3) is 0.308. The normalized spacial score (nSPS) is 10.6. The summed E-state index contributed by atoms with van der Waals surface area (Å²) in [5.74, 6) is 0.214. The van der Waals surface area contributed by atoms with Crippen LogP contribution in [0.25, 0.3) is 11.1 Å². The maximum atomic E-state index is 12.7. The van der Waals surface area contributed by atoms with Gasteiger partial charge in [-0.1, -0.05) is 35.9 Å². The summed E-state index contributed by atoms with van der Waals surface area (Å²) in [7, 11) is 0. The number of carbonyl (C=O) groups is 2. The molecule has 3 rings (SSSR count). The Labute approximate surface area is 193 Å². The highest BCUT2D eigenvalue weighted by atomic mass is 32.1. The van der Waals surface area contributed by atoms with Crippen molar-refractivity contribution in [3.63, 3.8) is 0 Å². The first kappa shape index (κ1) is 23.5. The molecule has 0 bridgehead atoms. The van der Waals surface area contributed by atoms with Crippen molar-refractivity contribution < 1.29 is 19.1 Å². The SMILES string of the molecule is CCOC(=O)c1c(-c2ccc(C)cc2C)csc1NC(=O)CCCOc1cccc(C)c1. The van der Waals surface area contributed by atoms with Gasteiger partial charge in [0.15, 0.2) is 0 Å². The van der Waals surface area contributed by atoms with E-state index in [2.05, 4.69) is 11.4 Å². The van der Waals surface area contributed by atoms with Gasteiger partial charge in [-0.3, -0.25) is 4.79 Å². The van der Waals surface area contributed by atoms with Crippen molar-refractivity contribution in [2.45, 2.75) is 40.5 Å². The van der Waals surface area contributed by atoms with Gasteiger partial charge in [-0.25, -0.2) is 4.79 Å². The fourth-order valence-electron chi connectivity index (χ4n) is 3.49. The first-order chi connectivity index (χ1) is 15.4. The van der Waals surface area contributed by atoms with E-state index >= 15 is 0 Å².